The van der Waals surface area contributed by atoms with Crippen LogP contribution in [0.5, 0.6) is 5.75 Å². The average molecular weight is 421 g/mol. The van der Waals surface area contributed by atoms with E-state index < -0.39 is 21.8 Å². The van der Waals surface area contributed by atoms with E-state index in [1.54, 1.807) is 25.1 Å². The maximum atomic E-state index is 14.2. The van der Waals surface area contributed by atoms with Crippen molar-refractivity contribution in [2.24, 2.45) is 0 Å². The van der Waals surface area contributed by atoms with Gasteiger partial charge in [-0.2, -0.15) is 0 Å². The number of carboxylic acid groups (broad SMARTS) is 1. The van der Waals surface area contributed by atoms with Gasteiger partial charge in [-0.25, -0.2) is 12.8 Å². The molecular weight excluding hydrogens is 397 g/mol. The number of aliphatic carboxylic acids is 1. The fraction of sp³-hybridized carbons (Fsp3) is 0.381. The zero-order valence-electron chi connectivity index (χ0n) is 16.2. The van der Waals surface area contributed by atoms with E-state index in [0.29, 0.717) is 29.1 Å². The van der Waals surface area contributed by atoms with Crippen molar-refractivity contribution < 1.29 is 27.4 Å². The third-order valence-corrected chi connectivity index (χ3v) is 6.73. The molecule has 1 aliphatic heterocycles. The standard InChI is InChI=1S/C21H24FNO5S/c1-2-29(26,27)23-12-4-6-17-5-3-7-19(21(17)23)28-14-15-8-9-16(18(22)13-15)10-11-20(24)25/h3,5,7-9,13H,2,4,6,10-12,14H2,1H3,(H,24,25). The van der Waals surface area contributed by atoms with Gasteiger partial charge in [0.15, 0.2) is 0 Å². The molecule has 0 aliphatic carbocycles. The predicted molar refractivity (Wildman–Crippen MR) is 108 cm³/mol. The molecule has 0 radical (unpaired) electrons. The summed E-state index contributed by atoms with van der Waals surface area (Å²) in [5.41, 5.74) is 2.41. The second-order valence-electron chi connectivity index (χ2n) is 6.95. The first-order chi connectivity index (χ1) is 13.8. The van der Waals surface area contributed by atoms with Crippen molar-refractivity contribution in [1.29, 1.82) is 0 Å². The summed E-state index contributed by atoms with van der Waals surface area (Å²) in [5, 5.41) is 8.73. The SMILES string of the molecule is CCS(=O)(=O)N1CCCc2cccc(OCc3ccc(CCC(=O)O)c(F)c3)c21. The molecule has 0 aromatic heterocycles. The van der Waals surface area contributed by atoms with Gasteiger partial charge in [0.05, 0.1) is 11.4 Å². The van der Waals surface area contributed by atoms with Crippen LogP contribution in [0.25, 0.3) is 0 Å². The van der Waals surface area contributed by atoms with E-state index in [-0.39, 0.29) is 25.2 Å². The van der Waals surface area contributed by atoms with E-state index in [4.69, 9.17) is 9.84 Å². The van der Waals surface area contributed by atoms with Crippen molar-refractivity contribution in [3.8, 4) is 5.75 Å². The molecule has 0 atom stereocenters. The average Bonchev–Trinajstić information content (AvgIpc) is 2.70. The van der Waals surface area contributed by atoms with Gasteiger partial charge in [-0.15, -0.1) is 0 Å². The lowest BCUT2D eigenvalue weighted by Gasteiger charge is -2.31. The molecule has 1 aliphatic rings. The number of carboxylic acids is 1. The number of fused-ring (bicyclic) bond motifs is 1. The Hall–Kier alpha value is -2.61. The van der Waals surface area contributed by atoms with Gasteiger partial charge in [-0.05, 0) is 55.0 Å². The molecule has 0 fully saturated rings. The highest BCUT2D eigenvalue weighted by Crippen LogP contribution is 2.38. The first-order valence-corrected chi connectivity index (χ1v) is 11.2. The van der Waals surface area contributed by atoms with Crippen molar-refractivity contribution in [2.75, 3.05) is 16.6 Å². The van der Waals surface area contributed by atoms with E-state index in [0.717, 1.165) is 18.4 Å². The number of rotatable bonds is 8. The normalized spacial score (nSPS) is 13.8. The first kappa shape index (κ1) is 21.1. The minimum Gasteiger partial charge on any atom is -0.487 e. The minimum absolute atomic E-state index is 0.00376. The van der Waals surface area contributed by atoms with Crippen LogP contribution in [0.1, 0.15) is 36.5 Å². The van der Waals surface area contributed by atoms with Crippen LogP contribution in [0, 0.1) is 5.82 Å². The molecule has 156 valence electrons. The van der Waals surface area contributed by atoms with Crippen molar-refractivity contribution in [3.05, 3.63) is 58.9 Å². The van der Waals surface area contributed by atoms with Gasteiger partial charge in [0.1, 0.15) is 18.2 Å². The zero-order chi connectivity index (χ0) is 21.0. The number of anilines is 1. The summed E-state index contributed by atoms with van der Waals surface area (Å²) in [4.78, 5) is 10.7. The first-order valence-electron chi connectivity index (χ1n) is 9.56. The van der Waals surface area contributed by atoms with Crippen molar-refractivity contribution >= 4 is 21.7 Å². The van der Waals surface area contributed by atoms with E-state index in [1.807, 2.05) is 12.1 Å². The van der Waals surface area contributed by atoms with Crippen LogP contribution in [-0.4, -0.2) is 31.8 Å². The number of para-hydroxylation sites is 1. The number of nitrogens with zero attached hydrogens (tertiary/aromatic N) is 1. The summed E-state index contributed by atoms with van der Waals surface area (Å²) in [6, 6.07) is 10.0. The molecule has 0 bridgehead atoms. The number of carbonyl (C=O) groups is 1. The Labute approximate surface area is 170 Å². The minimum atomic E-state index is -3.42. The molecule has 0 unspecified atom stereocenters. The number of hydrogen-bond acceptors (Lipinski definition) is 4. The third kappa shape index (κ3) is 4.87. The highest BCUT2D eigenvalue weighted by molar-refractivity contribution is 7.92. The molecule has 2 aromatic rings. The van der Waals surface area contributed by atoms with E-state index >= 15 is 0 Å². The molecule has 29 heavy (non-hydrogen) atoms. The van der Waals surface area contributed by atoms with Gasteiger partial charge in [0, 0.05) is 13.0 Å². The molecule has 2 aromatic carbocycles. The number of sulfonamides is 1. The van der Waals surface area contributed by atoms with E-state index in [2.05, 4.69) is 0 Å². The Morgan fingerprint density at radius 1 is 1.28 bits per heavy atom. The quantitative estimate of drug-likeness (QED) is 0.705. The Morgan fingerprint density at radius 2 is 2.07 bits per heavy atom. The van der Waals surface area contributed by atoms with Crippen LogP contribution in [0.3, 0.4) is 0 Å². The molecular formula is C21H24FNO5S. The number of hydrogen-bond donors (Lipinski definition) is 1. The van der Waals surface area contributed by atoms with Gasteiger partial charge in [0.2, 0.25) is 10.0 Å². The van der Waals surface area contributed by atoms with Crippen LogP contribution < -0.4 is 9.04 Å². The van der Waals surface area contributed by atoms with Gasteiger partial charge >= 0.3 is 5.97 Å². The molecule has 8 heteroatoms. The molecule has 3 rings (SSSR count). The fourth-order valence-electron chi connectivity index (χ4n) is 3.41. The maximum absolute atomic E-state index is 14.2. The number of aryl methyl sites for hydroxylation is 2. The summed E-state index contributed by atoms with van der Waals surface area (Å²) >= 11 is 0. The second kappa shape index (κ2) is 8.82. The lowest BCUT2D eigenvalue weighted by atomic mass is 10.0. The van der Waals surface area contributed by atoms with Crippen molar-refractivity contribution in [2.45, 2.75) is 39.2 Å². The predicted octanol–water partition coefficient (Wildman–Crippen LogP) is 3.52. The van der Waals surface area contributed by atoms with Crippen LogP contribution in [0.15, 0.2) is 36.4 Å². The summed E-state index contributed by atoms with van der Waals surface area (Å²) in [6.45, 7) is 2.10. The number of ether oxygens (including phenoxy) is 1. The van der Waals surface area contributed by atoms with Crippen molar-refractivity contribution in [1.82, 2.24) is 0 Å². The van der Waals surface area contributed by atoms with Crippen LogP contribution in [-0.2, 0) is 34.3 Å². The molecule has 0 saturated carbocycles. The van der Waals surface area contributed by atoms with Crippen LogP contribution in [0.2, 0.25) is 0 Å². The van der Waals surface area contributed by atoms with Gasteiger partial charge in [0.25, 0.3) is 0 Å². The number of benzene rings is 2. The highest BCUT2D eigenvalue weighted by atomic mass is 32.2. The topological polar surface area (TPSA) is 83.9 Å². The Balaban J connectivity index is 1.80. The Bertz CT molecular complexity index is 1010. The zero-order valence-corrected chi connectivity index (χ0v) is 17.0. The van der Waals surface area contributed by atoms with Crippen LogP contribution >= 0.6 is 0 Å². The van der Waals surface area contributed by atoms with Gasteiger partial charge < -0.3 is 9.84 Å². The molecule has 1 heterocycles. The van der Waals surface area contributed by atoms with Gasteiger partial charge in [-0.1, -0.05) is 24.3 Å². The Morgan fingerprint density at radius 3 is 2.76 bits per heavy atom. The van der Waals surface area contributed by atoms with Gasteiger partial charge in [-0.3, -0.25) is 9.10 Å². The second-order valence-corrected chi connectivity index (χ2v) is 9.13. The van der Waals surface area contributed by atoms with E-state index in [1.165, 1.54) is 10.4 Å². The largest absolute Gasteiger partial charge is 0.487 e. The Kier molecular flexibility index (Phi) is 6.42. The number of halogens is 1. The summed E-state index contributed by atoms with van der Waals surface area (Å²) in [5.74, 6) is -0.992. The molecule has 0 spiro atoms. The highest BCUT2D eigenvalue weighted by Gasteiger charge is 2.29. The smallest absolute Gasteiger partial charge is 0.303 e. The lowest BCUT2D eigenvalue weighted by Crippen LogP contribution is -2.36. The molecule has 6 nitrogen and oxygen atoms in total. The third-order valence-electron chi connectivity index (χ3n) is 4.96. The van der Waals surface area contributed by atoms with Crippen molar-refractivity contribution in [3.63, 3.8) is 0 Å². The fourth-order valence-corrected chi connectivity index (χ4v) is 4.62. The summed E-state index contributed by atoms with van der Waals surface area (Å²) in [6.07, 6.45) is 1.51. The lowest BCUT2D eigenvalue weighted by molar-refractivity contribution is -0.136. The maximum Gasteiger partial charge on any atom is 0.303 e. The molecule has 0 amide bonds. The molecule has 1 N–H and O–H groups in total. The van der Waals surface area contributed by atoms with Crippen LogP contribution in [0.4, 0.5) is 10.1 Å². The van der Waals surface area contributed by atoms with E-state index in [9.17, 15) is 17.6 Å². The summed E-state index contributed by atoms with van der Waals surface area (Å²) < 4.78 is 46.6. The summed E-state index contributed by atoms with van der Waals surface area (Å²) in [7, 11) is -3.42. The molecule has 0 saturated heterocycles. The monoisotopic (exact) mass is 421 g/mol.